The second kappa shape index (κ2) is 12.6. The first-order valence-electron chi connectivity index (χ1n) is 10.6. The molecule has 0 aromatic heterocycles. The standard InChI is InChI=1S/C24H34N2O3S/c1-5-7-12-29-21-10-8-19(9-11-21)15-22(25)23-26-20(16-30-23)14-17(3)13-18(4)24(27)28-6-2/h8-11,13-14,20,22H,5-7,12,15-16,25H2,1-4H3/b17-14+,18-13+/t20?,22-/m0/s1. The van der Waals surface area contributed by atoms with Crippen LogP contribution in [-0.2, 0) is 16.0 Å². The number of allylic oxidation sites excluding steroid dienone is 2. The number of unbranched alkanes of at least 4 members (excludes halogenated alkanes) is 1. The van der Waals surface area contributed by atoms with E-state index in [1.807, 2.05) is 25.1 Å². The maximum Gasteiger partial charge on any atom is 0.333 e. The van der Waals surface area contributed by atoms with E-state index in [0.29, 0.717) is 12.2 Å². The highest BCUT2D eigenvalue weighted by molar-refractivity contribution is 8.14. The number of rotatable bonds is 11. The van der Waals surface area contributed by atoms with Gasteiger partial charge in [0.1, 0.15) is 5.75 Å². The van der Waals surface area contributed by atoms with Gasteiger partial charge in [-0.05, 0) is 57.4 Å². The zero-order valence-electron chi connectivity index (χ0n) is 18.5. The number of ether oxygens (including phenoxy) is 2. The quantitative estimate of drug-likeness (QED) is 0.238. The molecule has 0 fully saturated rings. The van der Waals surface area contributed by atoms with Crippen molar-refractivity contribution in [3.63, 3.8) is 0 Å². The summed E-state index contributed by atoms with van der Waals surface area (Å²) in [5, 5.41) is 0.985. The minimum atomic E-state index is -0.279. The fourth-order valence-corrected chi connectivity index (χ4v) is 4.11. The van der Waals surface area contributed by atoms with Gasteiger partial charge >= 0.3 is 5.97 Å². The lowest BCUT2D eigenvalue weighted by Gasteiger charge is -2.12. The van der Waals surface area contributed by atoms with Gasteiger partial charge in [-0.1, -0.05) is 37.1 Å². The van der Waals surface area contributed by atoms with Crippen molar-refractivity contribution in [2.75, 3.05) is 19.0 Å². The highest BCUT2D eigenvalue weighted by Crippen LogP contribution is 2.24. The Hall–Kier alpha value is -2.05. The molecule has 0 saturated carbocycles. The molecule has 1 aromatic carbocycles. The molecule has 0 saturated heterocycles. The second-order valence-electron chi connectivity index (χ2n) is 7.46. The molecule has 5 nitrogen and oxygen atoms in total. The van der Waals surface area contributed by atoms with E-state index >= 15 is 0 Å². The van der Waals surface area contributed by atoms with Gasteiger partial charge in [0.2, 0.25) is 0 Å². The molecule has 1 heterocycles. The van der Waals surface area contributed by atoms with Crippen LogP contribution in [0.2, 0.25) is 0 Å². The summed E-state index contributed by atoms with van der Waals surface area (Å²) in [5.74, 6) is 1.50. The molecule has 0 amide bonds. The summed E-state index contributed by atoms with van der Waals surface area (Å²) >= 11 is 1.71. The third-order valence-corrected chi connectivity index (χ3v) is 5.87. The van der Waals surface area contributed by atoms with Crippen molar-refractivity contribution >= 4 is 22.8 Å². The summed E-state index contributed by atoms with van der Waals surface area (Å²) in [4.78, 5) is 16.5. The molecule has 6 heteroatoms. The van der Waals surface area contributed by atoms with Gasteiger partial charge in [0.15, 0.2) is 0 Å². The number of hydrogen-bond donors (Lipinski definition) is 1. The van der Waals surface area contributed by atoms with Crippen LogP contribution in [-0.4, -0.2) is 42.1 Å². The molecule has 1 aliphatic rings. The highest BCUT2D eigenvalue weighted by Gasteiger charge is 2.21. The van der Waals surface area contributed by atoms with E-state index in [4.69, 9.17) is 20.2 Å². The van der Waals surface area contributed by atoms with E-state index in [9.17, 15) is 4.79 Å². The van der Waals surface area contributed by atoms with E-state index in [1.54, 1.807) is 25.6 Å². The van der Waals surface area contributed by atoms with Crippen LogP contribution in [0.5, 0.6) is 5.75 Å². The molecule has 0 aliphatic carbocycles. The lowest BCUT2D eigenvalue weighted by atomic mass is 10.1. The van der Waals surface area contributed by atoms with Gasteiger partial charge in [0, 0.05) is 11.3 Å². The van der Waals surface area contributed by atoms with Crippen molar-refractivity contribution in [1.82, 2.24) is 0 Å². The maximum atomic E-state index is 11.7. The number of esters is 1. The largest absolute Gasteiger partial charge is 0.494 e. The molecule has 2 rings (SSSR count). The predicted octanol–water partition coefficient (Wildman–Crippen LogP) is 4.70. The van der Waals surface area contributed by atoms with Crippen molar-refractivity contribution in [3.05, 3.63) is 53.1 Å². The van der Waals surface area contributed by atoms with Crippen LogP contribution in [0.4, 0.5) is 0 Å². The average molecular weight is 431 g/mol. The molecule has 1 aliphatic heterocycles. The van der Waals surface area contributed by atoms with Crippen molar-refractivity contribution in [3.8, 4) is 5.75 Å². The zero-order valence-corrected chi connectivity index (χ0v) is 19.3. The number of hydrogen-bond acceptors (Lipinski definition) is 6. The lowest BCUT2D eigenvalue weighted by molar-refractivity contribution is -0.138. The monoisotopic (exact) mass is 430 g/mol. The molecule has 2 atom stereocenters. The Kier molecular flexibility index (Phi) is 10.2. The molecular weight excluding hydrogens is 396 g/mol. The Bertz CT molecular complexity index is 784. The first-order chi connectivity index (χ1) is 14.4. The van der Waals surface area contributed by atoms with Gasteiger partial charge in [0.05, 0.1) is 30.3 Å². The predicted molar refractivity (Wildman–Crippen MR) is 126 cm³/mol. The summed E-state index contributed by atoms with van der Waals surface area (Å²) < 4.78 is 10.7. The molecule has 0 bridgehead atoms. The Balaban J connectivity index is 1.91. The maximum absolute atomic E-state index is 11.7. The highest BCUT2D eigenvalue weighted by atomic mass is 32.2. The van der Waals surface area contributed by atoms with Crippen LogP contribution < -0.4 is 10.5 Å². The molecule has 164 valence electrons. The van der Waals surface area contributed by atoms with Crippen molar-refractivity contribution in [2.45, 2.75) is 59.0 Å². The number of nitrogens with zero attached hydrogens (tertiary/aromatic N) is 1. The molecular formula is C24H34N2O3S. The minimum absolute atomic E-state index is 0.0802. The zero-order chi connectivity index (χ0) is 21.9. The number of benzene rings is 1. The van der Waals surface area contributed by atoms with Crippen LogP contribution in [0.15, 0.2) is 52.6 Å². The minimum Gasteiger partial charge on any atom is -0.494 e. The van der Waals surface area contributed by atoms with Crippen molar-refractivity contribution in [1.29, 1.82) is 0 Å². The molecule has 30 heavy (non-hydrogen) atoms. The molecule has 0 spiro atoms. The fourth-order valence-electron chi connectivity index (χ4n) is 3.09. The molecule has 0 radical (unpaired) electrons. The van der Waals surface area contributed by atoms with Gasteiger partial charge in [-0.2, -0.15) is 0 Å². The van der Waals surface area contributed by atoms with E-state index in [2.05, 4.69) is 25.1 Å². The number of carbonyl (C=O) groups excluding carboxylic acids is 1. The first-order valence-corrected chi connectivity index (χ1v) is 11.6. The fraction of sp³-hybridized carbons (Fsp3) is 0.500. The van der Waals surface area contributed by atoms with E-state index in [0.717, 1.165) is 48.0 Å². The summed E-state index contributed by atoms with van der Waals surface area (Å²) in [7, 11) is 0. The van der Waals surface area contributed by atoms with Crippen LogP contribution in [0, 0.1) is 0 Å². The summed E-state index contributed by atoms with van der Waals surface area (Å²) in [5.41, 5.74) is 9.19. The van der Waals surface area contributed by atoms with Crippen LogP contribution in [0.3, 0.4) is 0 Å². The summed E-state index contributed by atoms with van der Waals surface area (Å²) in [6.45, 7) is 8.84. The van der Waals surface area contributed by atoms with Crippen LogP contribution in [0.25, 0.3) is 0 Å². The third-order valence-electron chi connectivity index (χ3n) is 4.65. The van der Waals surface area contributed by atoms with Crippen LogP contribution >= 0.6 is 11.8 Å². The summed E-state index contributed by atoms with van der Waals surface area (Å²) in [6, 6.07) is 8.13. The van der Waals surface area contributed by atoms with E-state index < -0.39 is 0 Å². The SMILES string of the molecule is CCCCOc1ccc(C[C@H](N)C2=NC(/C=C(C)/C=C(\C)C(=O)OCC)CS2)cc1. The van der Waals surface area contributed by atoms with Crippen LogP contribution in [0.1, 0.15) is 46.1 Å². The van der Waals surface area contributed by atoms with Crippen molar-refractivity contribution in [2.24, 2.45) is 10.7 Å². The Morgan fingerprint density at radius 2 is 2.03 bits per heavy atom. The van der Waals surface area contributed by atoms with Gasteiger partial charge in [-0.25, -0.2) is 4.79 Å². The third kappa shape index (κ3) is 8.00. The average Bonchev–Trinajstić information content (AvgIpc) is 3.18. The smallest absolute Gasteiger partial charge is 0.333 e. The van der Waals surface area contributed by atoms with Gasteiger partial charge in [-0.3, -0.25) is 4.99 Å². The topological polar surface area (TPSA) is 73.9 Å². The van der Waals surface area contributed by atoms with Crippen molar-refractivity contribution < 1.29 is 14.3 Å². The first kappa shape index (κ1) is 24.2. The molecule has 1 aromatic rings. The Morgan fingerprint density at radius 3 is 2.70 bits per heavy atom. The number of nitrogens with two attached hydrogens (primary N) is 1. The lowest BCUT2D eigenvalue weighted by Crippen LogP contribution is -2.30. The Morgan fingerprint density at radius 1 is 1.30 bits per heavy atom. The van der Waals surface area contributed by atoms with Gasteiger partial charge < -0.3 is 15.2 Å². The number of carbonyl (C=O) groups is 1. The Labute approximate surface area is 184 Å². The summed E-state index contributed by atoms with van der Waals surface area (Å²) in [6.07, 6.45) is 6.87. The van der Waals surface area contributed by atoms with E-state index in [1.165, 1.54) is 5.56 Å². The normalized spacial score (nSPS) is 18.2. The second-order valence-corrected chi connectivity index (χ2v) is 8.50. The van der Waals surface area contributed by atoms with Gasteiger partial charge in [0.25, 0.3) is 0 Å². The number of aliphatic imine (C=N–C) groups is 1. The van der Waals surface area contributed by atoms with E-state index in [-0.39, 0.29) is 18.1 Å². The molecule has 1 unspecified atom stereocenters. The molecule has 2 N–H and O–H groups in total. The number of thioether (sulfide) groups is 1. The van der Waals surface area contributed by atoms with Gasteiger partial charge in [-0.15, -0.1) is 11.8 Å².